The van der Waals surface area contributed by atoms with Crippen LogP contribution in [-0.4, -0.2) is 19.2 Å². The molecular weight excluding hydrogens is 460 g/mol. The van der Waals surface area contributed by atoms with E-state index in [0.717, 1.165) is 29.1 Å². The molecular formula is C28H37F2N5O. The summed E-state index contributed by atoms with van der Waals surface area (Å²) in [5.41, 5.74) is 3.55. The van der Waals surface area contributed by atoms with Crippen LogP contribution in [0.1, 0.15) is 64.7 Å². The predicted molar refractivity (Wildman–Crippen MR) is 144 cm³/mol. The maximum absolute atomic E-state index is 14.2. The molecule has 0 radical (unpaired) electrons. The number of nitrogens with one attached hydrogen (secondary N) is 1. The number of halogens is 2. The molecule has 1 N–H and O–H groups in total. The second-order valence-corrected chi connectivity index (χ2v) is 8.04. The van der Waals surface area contributed by atoms with E-state index in [1.54, 1.807) is 17.8 Å². The summed E-state index contributed by atoms with van der Waals surface area (Å²) in [4.78, 5) is 18.1. The molecule has 6 nitrogen and oxygen atoms in total. The van der Waals surface area contributed by atoms with Gasteiger partial charge >= 0.3 is 0 Å². The van der Waals surface area contributed by atoms with Gasteiger partial charge in [0.15, 0.2) is 0 Å². The molecule has 0 saturated carbocycles. The van der Waals surface area contributed by atoms with E-state index in [0.29, 0.717) is 28.9 Å². The number of hydrogen-bond donors (Lipinski definition) is 1. The third-order valence-corrected chi connectivity index (χ3v) is 5.74. The van der Waals surface area contributed by atoms with Crippen molar-refractivity contribution in [3.8, 4) is 11.3 Å². The number of aromatic nitrogens is 4. The lowest BCUT2D eigenvalue weighted by Crippen LogP contribution is -2.24. The molecule has 3 aromatic heterocycles. The summed E-state index contributed by atoms with van der Waals surface area (Å²) in [5.74, 6) is -3.10. The summed E-state index contributed by atoms with van der Waals surface area (Å²) in [7, 11) is 1.85. The largest absolute Gasteiger partial charge is 0.385 e. The first-order valence-electron chi connectivity index (χ1n) is 12.4. The zero-order valence-electron chi connectivity index (χ0n) is 22.5. The second-order valence-electron chi connectivity index (χ2n) is 8.04. The van der Waals surface area contributed by atoms with Gasteiger partial charge in [-0.05, 0) is 25.5 Å². The van der Waals surface area contributed by atoms with Crippen LogP contribution in [0.25, 0.3) is 27.8 Å². The third-order valence-electron chi connectivity index (χ3n) is 5.74. The molecule has 0 saturated heterocycles. The van der Waals surface area contributed by atoms with Crippen LogP contribution < -0.4 is 10.9 Å². The van der Waals surface area contributed by atoms with E-state index in [4.69, 9.17) is 4.98 Å². The van der Waals surface area contributed by atoms with Gasteiger partial charge in [0.1, 0.15) is 5.65 Å². The maximum atomic E-state index is 14.2. The van der Waals surface area contributed by atoms with Crippen LogP contribution in [0.15, 0.2) is 53.7 Å². The summed E-state index contributed by atoms with van der Waals surface area (Å²) in [6.45, 7) is 16.6. The minimum atomic E-state index is -3.10. The molecule has 0 atom stereocenters. The molecule has 0 aliphatic heterocycles. The average molecular weight is 498 g/mol. The number of nitrogens with zero attached hydrogens (tertiary/aromatic N) is 4. The van der Waals surface area contributed by atoms with E-state index >= 15 is 0 Å². The number of fused-ring (bicyclic) bond motifs is 2. The van der Waals surface area contributed by atoms with Crippen LogP contribution >= 0.6 is 0 Å². The van der Waals surface area contributed by atoms with Crippen molar-refractivity contribution < 1.29 is 8.78 Å². The standard InChI is InChI=1S/C24H25F2N5O.2C2H6/c1-6-14(2)27-11-16-10-17(24(4,25)26)13-31-22(16)29-21(15(3)23(31)32)18-8-7-9-20-19(18)12-28-30(20)5;2*1-2/h7-10,12-13,27H,2,6,11H2,1,3-5H3;2*1-2H3. The Labute approximate surface area is 211 Å². The van der Waals surface area contributed by atoms with Gasteiger partial charge in [0.2, 0.25) is 0 Å². The molecule has 194 valence electrons. The Morgan fingerprint density at radius 2 is 1.86 bits per heavy atom. The molecule has 8 heteroatoms. The summed E-state index contributed by atoms with van der Waals surface area (Å²) in [5, 5.41) is 8.32. The van der Waals surface area contributed by atoms with E-state index in [-0.39, 0.29) is 17.7 Å². The minimum Gasteiger partial charge on any atom is -0.385 e. The van der Waals surface area contributed by atoms with Crippen LogP contribution in [0.5, 0.6) is 0 Å². The first-order chi connectivity index (χ1) is 17.1. The highest BCUT2D eigenvalue weighted by Gasteiger charge is 2.27. The van der Waals surface area contributed by atoms with E-state index < -0.39 is 5.92 Å². The van der Waals surface area contributed by atoms with E-state index in [9.17, 15) is 13.6 Å². The highest BCUT2D eigenvalue weighted by atomic mass is 19.3. The fourth-order valence-corrected chi connectivity index (χ4v) is 3.76. The number of aryl methyl sites for hydroxylation is 1. The van der Waals surface area contributed by atoms with Gasteiger partial charge < -0.3 is 5.32 Å². The molecule has 3 heterocycles. The van der Waals surface area contributed by atoms with Crippen molar-refractivity contribution in [1.29, 1.82) is 0 Å². The highest BCUT2D eigenvalue weighted by Crippen LogP contribution is 2.31. The predicted octanol–water partition coefficient (Wildman–Crippen LogP) is 6.73. The number of pyridine rings is 1. The number of benzene rings is 1. The number of alkyl halides is 2. The molecule has 0 spiro atoms. The van der Waals surface area contributed by atoms with E-state index in [1.165, 1.54) is 16.7 Å². The van der Waals surface area contributed by atoms with Crippen LogP contribution in [0, 0.1) is 6.92 Å². The molecule has 0 amide bonds. The van der Waals surface area contributed by atoms with Gasteiger partial charge in [-0.1, -0.05) is 53.3 Å². The fourth-order valence-electron chi connectivity index (χ4n) is 3.76. The lowest BCUT2D eigenvalue weighted by atomic mass is 10.0. The van der Waals surface area contributed by atoms with Gasteiger partial charge in [0.05, 0.1) is 17.4 Å². The van der Waals surface area contributed by atoms with Gasteiger partial charge in [-0.15, -0.1) is 0 Å². The lowest BCUT2D eigenvalue weighted by molar-refractivity contribution is 0.0169. The van der Waals surface area contributed by atoms with Gasteiger partial charge in [-0.3, -0.25) is 13.9 Å². The Balaban J connectivity index is 0.00000109. The zero-order valence-corrected chi connectivity index (χ0v) is 22.5. The van der Waals surface area contributed by atoms with Crippen molar-refractivity contribution in [1.82, 2.24) is 24.5 Å². The van der Waals surface area contributed by atoms with Gasteiger partial charge in [0.25, 0.3) is 11.5 Å². The Morgan fingerprint density at radius 3 is 2.47 bits per heavy atom. The third kappa shape index (κ3) is 5.64. The quantitative estimate of drug-likeness (QED) is 0.321. The van der Waals surface area contributed by atoms with Gasteiger partial charge in [0, 0.05) is 60.1 Å². The topological polar surface area (TPSA) is 64.2 Å². The Hall–Kier alpha value is -3.55. The Morgan fingerprint density at radius 1 is 1.19 bits per heavy atom. The number of rotatable bonds is 6. The summed E-state index contributed by atoms with van der Waals surface area (Å²) >= 11 is 0. The number of allylic oxidation sites excluding steroid dienone is 1. The van der Waals surface area contributed by atoms with Crippen LogP contribution in [0.4, 0.5) is 8.78 Å². The fraction of sp³-hybridized carbons (Fsp3) is 0.393. The van der Waals surface area contributed by atoms with Crippen molar-refractivity contribution in [3.63, 3.8) is 0 Å². The van der Waals surface area contributed by atoms with Crippen LogP contribution in [0.2, 0.25) is 0 Å². The van der Waals surface area contributed by atoms with Crippen molar-refractivity contribution in [2.24, 2.45) is 7.05 Å². The average Bonchev–Trinajstić information content (AvgIpc) is 3.27. The van der Waals surface area contributed by atoms with Crippen LogP contribution in [-0.2, 0) is 19.5 Å². The second kappa shape index (κ2) is 11.9. The monoisotopic (exact) mass is 497 g/mol. The molecule has 1 aromatic carbocycles. The lowest BCUT2D eigenvalue weighted by Gasteiger charge is -2.18. The highest BCUT2D eigenvalue weighted by molar-refractivity contribution is 5.94. The normalized spacial score (nSPS) is 10.9. The first-order valence-corrected chi connectivity index (χ1v) is 12.4. The SMILES string of the molecule is C=C(CC)NCc1cc(C(C)(F)F)cn2c(=O)c(C)c(-c3cccc4c3cnn4C)nc12.CC.CC. The maximum Gasteiger partial charge on any atom is 0.271 e. The molecule has 4 rings (SSSR count). The van der Waals surface area contributed by atoms with Crippen molar-refractivity contribution in [2.75, 3.05) is 0 Å². The first kappa shape index (κ1) is 28.7. The minimum absolute atomic E-state index is 0.228. The molecule has 4 aromatic rings. The van der Waals surface area contributed by atoms with Crippen molar-refractivity contribution >= 4 is 16.6 Å². The smallest absolute Gasteiger partial charge is 0.271 e. The molecule has 0 aliphatic carbocycles. The van der Waals surface area contributed by atoms with Crippen LogP contribution in [0.3, 0.4) is 0 Å². The van der Waals surface area contributed by atoms with E-state index in [1.807, 2.05) is 59.9 Å². The molecule has 0 bridgehead atoms. The van der Waals surface area contributed by atoms with Crippen molar-refractivity contribution in [2.45, 2.75) is 67.4 Å². The number of hydrogen-bond acceptors (Lipinski definition) is 4. The van der Waals surface area contributed by atoms with Gasteiger partial charge in [-0.25, -0.2) is 13.8 Å². The molecule has 0 fully saturated rings. The van der Waals surface area contributed by atoms with Crippen molar-refractivity contribution in [3.05, 3.63) is 76.0 Å². The molecule has 0 aliphatic rings. The summed E-state index contributed by atoms with van der Waals surface area (Å²) in [6, 6.07) is 7.12. The zero-order chi connectivity index (χ0) is 27.2. The summed E-state index contributed by atoms with van der Waals surface area (Å²) < 4.78 is 31.4. The van der Waals surface area contributed by atoms with Gasteiger partial charge in [-0.2, -0.15) is 5.10 Å². The van der Waals surface area contributed by atoms with E-state index in [2.05, 4.69) is 17.0 Å². The Bertz CT molecular complexity index is 1410. The molecule has 0 unspecified atom stereocenters. The summed E-state index contributed by atoms with van der Waals surface area (Å²) in [6.07, 6.45) is 3.62. The molecule has 36 heavy (non-hydrogen) atoms. The Kier molecular flexibility index (Phi) is 9.50.